The van der Waals surface area contributed by atoms with Gasteiger partial charge in [-0.3, -0.25) is 0 Å². The van der Waals surface area contributed by atoms with Gasteiger partial charge in [-0.25, -0.2) is 9.78 Å². The molecule has 0 radical (unpaired) electrons. The molecule has 1 saturated carbocycles. The van der Waals surface area contributed by atoms with Crippen molar-refractivity contribution in [3.8, 4) is 0 Å². The Morgan fingerprint density at radius 3 is 2.76 bits per heavy atom. The lowest BCUT2D eigenvalue weighted by molar-refractivity contribution is 0.0702. The van der Waals surface area contributed by atoms with Crippen LogP contribution in [0.25, 0.3) is 0 Å². The number of nitrogens with zero attached hydrogens (tertiary/aromatic N) is 2. The summed E-state index contributed by atoms with van der Waals surface area (Å²) >= 11 is 6.98. The van der Waals surface area contributed by atoms with Gasteiger partial charge in [-0.15, -0.1) is 0 Å². The van der Waals surface area contributed by atoms with Crippen molar-refractivity contribution >= 4 is 34.0 Å². The molecule has 17 heavy (non-hydrogen) atoms. The number of hydrogen-bond donors (Lipinski definition) is 1. The van der Waals surface area contributed by atoms with Crippen molar-refractivity contribution in [2.24, 2.45) is 5.92 Å². The predicted molar refractivity (Wildman–Crippen MR) is 69.3 cm³/mol. The minimum Gasteiger partial charge on any atom is -0.477 e. The topological polar surface area (TPSA) is 53.4 Å². The molecule has 0 saturated heterocycles. The average Bonchev–Trinajstić information content (AvgIpc) is 2.59. The molecule has 1 aliphatic carbocycles. The van der Waals surface area contributed by atoms with E-state index in [-0.39, 0.29) is 10.0 Å². The van der Waals surface area contributed by atoms with Crippen LogP contribution in [0.15, 0.2) is 0 Å². The Kier molecular flexibility index (Phi) is 3.89. The van der Waals surface area contributed by atoms with Gasteiger partial charge in [0.1, 0.15) is 0 Å². The second kappa shape index (κ2) is 5.23. The highest BCUT2D eigenvalue weighted by atomic mass is 35.5. The van der Waals surface area contributed by atoms with Crippen molar-refractivity contribution in [1.82, 2.24) is 4.98 Å². The smallest absolute Gasteiger partial charge is 0.349 e. The lowest BCUT2D eigenvalue weighted by Gasteiger charge is -2.31. The fraction of sp³-hybridized carbons (Fsp3) is 0.636. The van der Waals surface area contributed by atoms with Gasteiger partial charge >= 0.3 is 5.97 Å². The first-order valence-corrected chi connectivity index (χ1v) is 6.95. The molecule has 0 bridgehead atoms. The van der Waals surface area contributed by atoms with E-state index in [0.717, 1.165) is 35.5 Å². The first-order valence-electron chi connectivity index (χ1n) is 5.76. The molecule has 0 aromatic carbocycles. The molecule has 1 heterocycles. The van der Waals surface area contributed by atoms with Crippen molar-refractivity contribution in [3.63, 3.8) is 0 Å². The highest BCUT2D eigenvalue weighted by molar-refractivity contribution is 7.18. The molecule has 4 nitrogen and oxygen atoms in total. The number of carbonyl (C=O) groups is 1. The minimum atomic E-state index is -1.00. The fourth-order valence-corrected chi connectivity index (χ4v) is 3.08. The van der Waals surface area contributed by atoms with Crippen LogP contribution in [0.5, 0.6) is 0 Å². The molecule has 1 aromatic heterocycles. The van der Waals surface area contributed by atoms with Crippen LogP contribution in [0.3, 0.4) is 0 Å². The molecular formula is C11H15ClN2O2S. The summed E-state index contributed by atoms with van der Waals surface area (Å²) < 4.78 is 0. The molecule has 0 unspecified atom stereocenters. The van der Waals surface area contributed by atoms with Gasteiger partial charge < -0.3 is 10.0 Å². The van der Waals surface area contributed by atoms with Crippen molar-refractivity contribution in [1.29, 1.82) is 0 Å². The van der Waals surface area contributed by atoms with Crippen molar-refractivity contribution in [2.45, 2.75) is 26.2 Å². The van der Waals surface area contributed by atoms with Crippen molar-refractivity contribution in [3.05, 3.63) is 10.0 Å². The Labute approximate surface area is 109 Å². The summed E-state index contributed by atoms with van der Waals surface area (Å²) in [5.74, 6) is -0.274. The van der Waals surface area contributed by atoms with E-state index in [1.807, 2.05) is 0 Å². The summed E-state index contributed by atoms with van der Waals surface area (Å²) in [7, 11) is 0. The second-order valence-corrected chi connectivity index (χ2v) is 5.59. The molecule has 94 valence electrons. The number of carboxylic acid groups (broad SMARTS) is 1. The zero-order valence-electron chi connectivity index (χ0n) is 9.65. The first kappa shape index (κ1) is 12.6. The van der Waals surface area contributed by atoms with Crippen LogP contribution in [0.2, 0.25) is 5.15 Å². The van der Waals surface area contributed by atoms with Crippen LogP contribution in [0.4, 0.5) is 5.13 Å². The summed E-state index contributed by atoms with van der Waals surface area (Å²) in [4.78, 5) is 17.3. The second-order valence-electron chi connectivity index (χ2n) is 4.26. The summed E-state index contributed by atoms with van der Waals surface area (Å²) in [6.07, 6.45) is 3.84. The Hall–Kier alpha value is -0.810. The summed E-state index contributed by atoms with van der Waals surface area (Å²) in [5, 5.41) is 9.77. The third-order valence-electron chi connectivity index (χ3n) is 3.12. The van der Waals surface area contributed by atoms with Crippen LogP contribution in [-0.4, -0.2) is 29.1 Å². The van der Waals surface area contributed by atoms with E-state index in [9.17, 15) is 4.79 Å². The van der Waals surface area contributed by atoms with E-state index < -0.39 is 5.97 Å². The molecule has 1 N–H and O–H groups in total. The van der Waals surface area contributed by atoms with Crippen molar-refractivity contribution in [2.75, 3.05) is 18.0 Å². The van der Waals surface area contributed by atoms with Gasteiger partial charge in [0, 0.05) is 13.1 Å². The SMILES string of the molecule is CCN(CC1CCC1)c1nc(Cl)c(C(=O)O)s1. The number of hydrogen-bond acceptors (Lipinski definition) is 4. The van der Waals surface area contributed by atoms with Gasteiger partial charge in [-0.05, 0) is 25.7 Å². The zero-order chi connectivity index (χ0) is 12.4. The fourth-order valence-electron chi connectivity index (χ4n) is 1.89. The Morgan fingerprint density at radius 1 is 1.65 bits per heavy atom. The van der Waals surface area contributed by atoms with Gasteiger partial charge in [0.15, 0.2) is 15.2 Å². The molecule has 6 heteroatoms. The number of thiazole rings is 1. The number of carboxylic acids is 1. The standard InChI is InChI=1S/C11H15ClN2O2S/c1-2-14(6-7-4-3-5-7)11-13-9(12)8(17-11)10(15)16/h7H,2-6H2,1H3,(H,15,16). The van der Waals surface area contributed by atoms with Crippen LogP contribution >= 0.6 is 22.9 Å². The van der Waals surface area contributed by atoms with E-state index in [2.05, 4.69) is 16.8 Å². The van der Waals surface area contributed by atoms with E-state index in [4.69, 9.17) is 16.7 Å². The third-order valence-corrected chi connectivity index (χ3v) is 4.61. The molecule has 0 amide bonds. The van der Waals surface area contributed by atoms with E-state index in [1.54, 1.807) is 0 Å². The number of aromatic nitrogens is 1. The molecular weight excluding hydrogens is 260 g/mol. The van der Waals surface area contributed by atoms with Crippen LogP contribution < -0.4 is 4.90 Å². The van der Waals surface area contributed by atoms with Crippen LogP contribution in [0.1, 0.15) is 35.9 Å². The molecule has 0 spiro atoms. The Balaban J connectivity index is 2.12. The third kappa shape index (κ3) is 2.72. The van der Waals surface area contributed by atoms with Crippen molar-refractivity contribution < 1.29 is 9.90 Å². The maximum Gasteiger partial charge on any atom is 0.349 e. The van der Waals surface area contributed by atoms with Crippen LogP contribution in [-0.2, 0) is 0 Å². The number of rotatable bonds is 5. The molecule has 1 fully saturated rings. The Morgan fingerprint density at radius 2 is 2.35 bits per heavy atom. The molecule has 1 aromatic rings. The zero-order valence-corrected chi connectivity index (χ0v) is 11.2. The van der Waals surface area contributed by atoms with E-state index >= 15 is 0 Å². The molecule has 0 aliphatic heterocycles. The highest BCUT2D eigenvalue weighted by Gasteiger charge is 2.23. The van der Waals surface area contributed by atoms with E-state index in [0.29, 0.717) is 0 Å². The van der Waals surface area contributed by atoms with Gasteiger partial charge in [0.2, 0.25) is 0 Å². The largest absolute Gasteiger partial charge is 0.477 e. The van der Waals surface area contributed by atoms with Gasteiger partial charge in [0.25, 0.3) is 0 Å². The molecule has 1 aliphatic rings. The minimum absolute atomic E-state index is 0.101. The lowest BCUT2D eigenvalue weighted by atomic mass is 9.85. The summed E-state index contributed by atoms with van der Waals surface area (Å²) in [6.45, 7) is 3.84. The number of aromatic carboxylic acids is 1. The maximum atomic E-state index is 10.9. The van der Waals surface area contributed by atoms with Gasteiger partial charge in [0.05, 0.1) is 0 Å². The van der Waals surface area contributed by atoms with Gasteiger partial charge in [-0.2, -0.15) is 0 Å². The van der Waals surface area contributed by atoms with Gasteiger partial charge in [-0.1, -0.05) is 29.4 Å². The summed E-state index contributed by atoms with van der Waals surface area (Å²) in [6, 6.07) is 0. The Bertz CT molecular complexity index is 418. The quantitative estimate of drug-likeness (QED) is 0.896. The number of anilines is 1. The average molecular weight is 275 g/mol. The maximum absolute atomic E-state index is 10.9. The first-order chi connectivity index (χ1) is 8.11. The predicted octanol–water partition coefficient (Wildman–Crippen LogP) is 3.12. The molecule has 2 rings (SSSR count). The highest BCUT2D eigenvalue weighted by Crippen LogP contribution is 2.33. The summed E-state index contributed by atoms with van der Waals surface area (Å²) in [5.41, 5.74) is 0. The normalized spacial score (nSPS) is 15.6. The molecule has 0 atom stereocenters. The van der Waals surface area contributed by atoms with Crippen LogP contribution in [0, 0.1) is 5.92 Å². The lowest BCUT2D eigenvalue weighted by Crippen LogP contribution is -2.32. The number of halogens is 1. The monoisotopic (exact) mass is 274 g/mol. The van der Waals surface area contributed by atoms with E-state index in [1.165, 1.54) is 19.3 Å².